The van der Waals surface area contributed by atoms with Crippen molar-refractivity contribution in [1.29, 1.82) is 0 Å². The molecule has 1 N–H and O–H groups in total. The summed E-state index contributed by atoms with van der Waals surface area (Å²) in [7, 11) is -2.82. The molecule has 1 heterocycles. The first-order chi connectivity index (χ1) is 15.0. The lowest BCUT2D eigenvalue weighted by Gasteiger charge is -2.31. The molecule has 3 rings (SSSR count). The fourth-order valence-electron chi connectivity index (χ4n) is 3.45. The summed E-state index contributed by atoms with van der Waals surface area (Å²) in [6.45, 7) is 0.117. The minimum absolute atomic E-state index is 0.0585. The SMILES string of the molecule is COC(=O)c1ccccc1S(=O)(=O)N1CCC(C(=O)Nc2ccc(C(F)(F)F)cc2)CC1. The summed E-state index contributed by atoms with van der Waals surface area (Å²) in [6.07, 6.45) is -4.01. The van der Waals surface area contributed by atoms with Crippen molar-refractivity contribution in [3.8, 4) is 0 Å². The average molecular weight is 470 g/mol. The number of hydrogen-bond donors (Lipinski definition) is 1. The van der Waals surface area contributed by atoms with Crippen molar-refractivity contribution in [2.75, 3.05) is 25.5 Å². The number of esters is 1. The number of alkyl halides is 3. The number of methoxy groups -OCH3 is 1. The number of rotatable bonds is 5. The maximum absolute atomic E-state index is 13.0. The second-order valence-corrected chi connectivity index (χ2v) is 9.14. The number of nitrogens with zero attached hydrogens (tertiary/aromatic N) is 1. The molecule has 2 aromatic rings. The van der Waals surface area contributed by atoms with E-state index in [9.17, 15) is 31.2 Å². The van der Waals surface area contributed by atoms with Crippen LogP contribution in [0.15, 0.2) is 53.4 Å². The number of sulfonamides is 1. The summed E-state index contributed by atoms with van der Waals surface area (Å²) in [5.41, 5.74) is -0.663. The molecule has 0 saturated carbocycles. The summed E-state index contributed by atoms with van der Waals surface area (Å²) < 4.78 is 69.9. The van der Waals surface area contributed by atoms with E-state index in [2.05, 4.69) is 10.1 Å². The van der Waals surface area contributed by atoms with E-state index in [0.717, 1.165) is 19.2 Å². The van der Waals surface area contributed by atoms with Crippen molar-refractivity contribution in [3.63, 3.8) is 0 Å². The molecule has 172 valence electrons. The summed E-state index contributed by atoms with van der Waals surface area (Å²) in [5.74, 6) is -1.66. The fourth-order valence-corrected chi connectivity index (χ4v) is 5.10. The van der Waals surface area contributed by atoms with Crippen LogP contribution < -0.4 is 5.32 Å². The molecular formula is C21H21F3N2O5S. The van der Waals surface area contributed by atoms with E-state index in [4.69, 9.17) is 0 Å². The van der Waals surface area contributed by atoms with Crippen LogP contribution in [-0.4, -0.2) is 44.8 Å². The Morgan fingerprint density at radius 1 is 1.03 bits per heavy atom. The number of carbonyl (C=O) groups excluding carboxylic acids is 2. The van der Waals surface area contributed by atoms with Gasteiger partial charge in [0.2, 0.25) is 15.9 Å². The Kier molecular flexibility index (Phi) is 6.89. The molecular weight excluding hydrogens is 449 g/mol. The number of hydrogen-bond acceptors (Lipinski definition) is 5. The summed E-state index contributed by atoms with van der Waals surface area (Å²) >= 11 is 0. The summed E-state index contributed by atoms with van der Waals surface area (Å²) in [5, 5.41) is 2.57. The van der Waals surface area contributed by atoms with Gasteiger partial charge in [-0.3, -0.25) is 4.79 Å². The molecule has 2 aromatic carbocycles. The molecule has 1 amide bonds. The Labute approximate surface area is 183 Å². The Balaban J connectivity index is 1.65. The topological polar surface area (TPSA) is 92.8 Å². The number of anilines is 1. The van der Waals surface area contributed by atoms with Gasteiger partial charge in [0.25, 0.3) is 0 Å². The maximum atomic E-state index is 13.0. The van der Waals surface area contributed by atoms with Gasteiger partial charge in [-0.2, -0.15) is 17.5 Å². The van der Waals surface area contributed by atoms with Crippen LogP contribution in [0.2, 0.25) is 0 Å². The zero-order valence-electron chi connectivity index (χ0n) is 17.1. The van der Waals surface area contributed by atoms with Crippen molar-refractivity contribution >= 4 is 27.6 Å². The van der Waals surface area contributed by atoms with Crippen molar-refractivity contribution in [3.05, 3.63) is 59.7 Å². The van der Waals surface area contributed by atoms with Gasteiger partial charge < -0.3 is 10.1 Å². The van der Waals surface area contributed by atoms with Crippen LogP contribution in [0.5, 0.6) is 0 Å². The van der Waals surface area contributed by atoms with Gasteiger partial charge in [-0.1, -0.05) is 12.1 Å². The predicted molar refractivity (Wildman–Crippen MR) is 109 cm³/mol. The Hall–Kier alpha value is -2.92. The highest BCUT2D eigenvalue weighted by Crippen LogP contribution is 2.30. The third-order valence-electron chi connectivity index (χ3n) is 5.21. The molecule has 32 heavy (non-hydrogen) atoms. The van der Waals surface area contributed by atoms with Crippen LogP contribution >= 0.6 is 0 Å². The number of carbonyl (C=O) groups is 2. The van der Waals surface area contributed by atoms with Crippen LogP contribution in [0.4, 0.5) is 18.9 Å². The van der Waals surface area contributed by atoms with E-state index in [1.54, 1.807) is 0 Å². The Morgan fingerprint density at radius 2 is 1.62 bits per heavy atom. The third kappa shape index (κ3) is 5.10. The van der Waals surface area contributed by atoms with E-state index < -0.39 is 39.6 Å². The molecule has 7 nitrogen and oxygen atoms in total. The fraction of sp³-hybridized carbons (Fsp3) is 0.333. The molecule has 11 heteroatoms. The van der Waals surface area contributed by atoms with Crippen molar-refractivity contribution in [2.24, 2.45) is 5.92 Å². The molecule has 0 unspecified atom stereocenters. The molecule has 0 radical (unpaired) electrons. The minimum atomic E-state index is -4.46. The minimum Gasteiger partial charge on any atom is -0.465 e. The molecule has 0 spiro atoms. The highest BCUT2D eigenvalue weighted by Gasteiger charge is 2.34. The van der Waals surface area contributed by atoms with Gasteiger partial charge in [0.1, 0.15) is 0 Å². The zero-order chi connectivity index (χ0) is 23.5. The van der Waals surface area contributed by atoms with Gasteiger partial charge in [0, 0.05) is 24.7 Å². The van der Waals surface area contributed by atoms with Gasteiger partial charge >= 0.3 is 12.1 Å². The number of nitrogens with one attached hydrogen (secondary N) is 1. The highest BCUT2D eigenvalue weighted by atomic mass is 32.2. The van der Waals surface area contributed by atoms with E-state index >= 15 is 0 Å². The molecule has 0 aromatic heterocycles. The van der Waals surface area contributed by atoms with E-state index in [1.165, 1.54) is 40.7 Å². The van der Waals surface area contributed by atoms with E-state index in [0.29, 0.717) is 0 Å². The molecule has 1 aliphatic heterocycles. The number of benzene rings is 2. The lowest BCUT2D eigenvalue weighted by molar-refractivity contribution is -0.137. The largest absolute Gasteiger partial charge is 0.465 e. The van der Waals surface area contributed by atoms with Gasteiger partial charge in [0.15, 0.2) is 0 Å². The molecule has 1 aliphatic rings. The van der Waals surface area contributed by atoms with Crippen LogP contribution in [0.25, 0.3) is 0 Å². The number of halogens is 3. The molecule has 0 bridgehead atoms. The second-order valence-electron chi connectivity index (χ2n) is 7.23. The van der Waals surface area contributed by atoms with Crippen molar-refractivity contribution in [2.45, 2.75) is 23.9 Å². The van der Waals surface area contributed by atoms with Gasteiger partial charge in [-0.15, -0.1) is 0 Å². The first kappa shape index (κ1) is 23.7. The first-order valence-corrected chi connectivity index (χ1v) is 11.1. The Bertz CT molecular complexity index is 1090. The predicted octanol–water partition coefficient (Wildman–Crippen LogP) is 3.53. The van der Waals surface area contributed by atoms with Gasteiger partial charge in [-0.25, -0.2) is 13.2 Å². The summed E-state index contributed by atoms with van der Waals surface area (Å²) in [6, 6.07) is 9.82. The highest BCUT2D eigenvalue weighted by molar-refractivity contribution is 7.89. The Morgan fingerprint density at radius 3 is 2.19 bits per heavy atom. The number of piperidine rings is 1. The lowest BCUT2D eigenvalue weighted by atomic mass is 9.97. The van der Waals surface area contributed by atoms with Gasteiger partial charge in [0.05, 0.1) is 23.1 Å². The van der Waals surface area contributed by atoms with Crippen molar-refractivity contribution in [1.82, 2.24) is 4.31 Å². The van der Waals surface area contributed by atoms with Crippen LogP contribution in [0, 0.1) is 5.92 Å². The molecule has 1 saturated heterocycles. The van der Waals surface area contributed by atoms with Crippen LogP contribution in [0.3, 0.4) is 0 Å². The van der Waals surface area contributed by atoms with Crippen LogP contribution in [-0.2, 0) is 25.7 Å². The zero-order valence-corrected chi connectivity index (χ0v) is 17.9. The smallest absolute Gasteiger partial charge is 0.416 e. The lowest BCUT2D eigenvalue weighted by Crippen LogP contribution is -2.41. The number of ether oxygens (including phenoxy) is 1. The normalized spacial score (nSPS) is 15.9. The molecule has 0 aliphatic carbocycles. The summed E-state index contributed by atoms with van der Waals surface area (Å²) in [4.78, 5) is 24.3. The molecule has 1 fully saturated rings. The monoisotopic (exact) mass is 470 g/mol. The second kappa shape index (κ2) is 9.29. The standard InChI is InChI=1S/C21H21F3N2O5S/c1-31-20(28)17-4-2-3-5-18(17)32(29,30)26-12-10-14(11-13-26)19(27)25-16-8-6-15(7-9-16)21(22,23)24/h2-9,14H,10-13H2,1H3,(H,25,27). The van der Waals surface area contributed by atoms with Gasteiger partial charge in [-0.05, 0) is 49.2 Å². The van der Waals surface area contributed by atoms with Crippen molar-refractivity contribution < 1.29 is 35.9 Å². The molecule has 0 atom stereocenters. The third-order valence-corrected chi connectivity index (χ3v) is 7.17. The van der Waals surface area contributed by atoms with E-state index in [1.807, 2.05) is 0 Å². The average Bonchev–Trinajstić information content (AvgIpc) is 2.78. The maximum Gasteiger partial charge on any atom is 0.416 e. The van der Waals surface area contributed by atoms with E-state index in [-0.39, 0.29) is 42.1 Å². The number of amides is 1. The quantitative estimate of drug-likeness (QED) is 0.675. The van der Waals surface area contributed by atoms with Crippen LogP contribution in [0.1, 0.15) is 28.8 Å². The first-order valence-electron chi connectivity index (χ1n) is 9.69.